The Labute approximate surface area is 123 Å². The summed E-state index contributed by atoms with van der Waals surface area (Å²) in [6.45, 7) is 3.37. The Morgan fingerprint density at radius 1 is 1.30 bits per heavy atom. The van der Waals surface area contributed by atoms with Crippen LogP contribution in [0.25, 0.3) is 11.0 Å². The maximum atomic E-state index is 6.17. The van der Waals surface area contributed by atoms with Gasteiger partial charge in [0.05, 0.1) is 29.0 Å². The van der Waals surface area contributed by atoms with E-state index in [4.69, 9.17) is 16.0 Å². The summed E-state index contributed by atoms with van der Waals surface area (Å²) >= 11 is 7.30. The second-order valence-electron chi connectivity index (χ2n) is 3.96. The van der Waals surface area contributed by atoms with Gasteiger partial charge in [-0.25, -0.2) is 0 Å². The first-order chi connectivity index (χ1) is 9.78. The number of benzene rings is 1. The third-order valence-corrected chi connectivity index (χ3v) is 3.46. The van der Waals surface area contributed by atoms with E-state index in [1.54, 1.807) is 6.07 Å². The zero-order valence-corrected chi connectivity index (χ0v) is 12.1. The Balaban J connectivity index is 1.87. The SMILES string of the molecule is CCNCc1nnc(Nc2c(Cl)ccc3nsnc23)o1. The summed E-state index contributed by atoms with van der Waals surface area (Å²) in [5, 5.41) is 14.5. The molecule has 3 rings (SSSR count). The molecule has 0 aliphatic carbocycles. The van der Waals surface area contributed by atoms with Crippen molar-refractivity contribution in [2.75, 3.05) is 11.9 Å². The second-order valence-corrected chi connectivity index (χ2v) is 4.90. The molecule has 0 amide bonds. The molecule has 2 N–H and O–H groups in total. The lowest BCUT2D eigenvalue weighted by Crippen LogP contribution is -2.11. The standard InChI is InChI=1S/C11H11ClN6OS/c1-2-13-5-8-15-16-11(19-8)14-9-6(12)3-4-7-10(9)18-20-17-7/h3-4,13H,2,5H2,1H3,(H,14,16). The number of halogens is 1. The molecule has 0 radical (unpaired) electrons. The molecule has 0 saturated heterocycles. The fourth-order valence-corrected chi connectivity index (χ4v) is 2.40. The molecule has 0 fully saturated rings. The predicted molar refractivity (Wildman–Crippen MR) is 77.4 cm³/mol. The van der Waals surface area contributed by atoms with Crippen LogP contribution in [0.1, 0.15) is 12.8 Å². The summed E-state index contributed by atoms with van der Waals surface area (Å²) < 4.78 is 13.8. The number of nitrogens with one attached hydrogen (secondary N) is 2. The van der Waals surface area contributed by atoms with Gasteiger partial charge in [-0.2, -0.15) is 8.75 Å². The van der Waals surface area contributed by atoms with Gasteiger partial charge in [0, 0.05) is 0 Å². The summed E-state index contributed by atoms with van der Waals surface area (Å²) in [6.07, 6.45) is 0. The van der Waals surface area contributed by atoms with Gasteiger partial charge >= 0.3 is 6.01 Å². The van der Waals surface area contributed by atoms with Crippen LogP contribution in [0.2, 0.25) is 5.02 Å². The summed E-state index contributed by atoms with van der Waals surface area (Å²) in [4.78, 5) is 0. The Hall–Kier alpha value is -1.77. The lowest BCUT2D eigenvalue weighted by molar-refractivity contribution is 0.484. The van der Waals surface area contributed by atoms with Crippen LogP contribution in [0.4, 0.5) is 11.7 Å². The van der Waals surface area contributed by atoms with Crippen molar-refractivity contribution in [1.29, 1.82) is 0 Å². The number of rotatable bonds is 5. The normalized spacial score (nSPS) is 11.1. The van der Waals surface area contributed by atoms with Gasteiger partial charge < -0.3 is 15.1 Å². The Bertz CT molecular complexity index is 727. The average molecular weight is 311 g/mol. The van der Waals surface area contributed by atoms with E-state index in [1.165, 1.54) is 0 Å². The molecule has 9 heteroatoms. The van der Waals surface area contributed by atoms with E-state index in [-0.39, 0.29) is 6.01 Å². The maximum absolute atomic E-state index is 6.17. The van der Waals surface area contributed by atoms with E-state index < -0.39 is 0 Å². The van der Waals surface area contributed by atoms with Crippen LogP contribution in [0.15, 0.2) is 16.5 Å². The molecule has 20 heavy (non-hydrogen) atoms. The highest BCUT2D eigenvalue weighted by Crippen LogP contribution is 2.31. The van der Waals surface area contributed by atoms with Crippen LogP contribution in [-0.4, -0.2) is 25.5 Å². The first kappa shape index (κ1) is 13.2. The minimum absolute atomic E-state index is 0.278. The summed E-state index contributed by atoms with van der Waals surface area (Å²) in [7, 11) is 0. The minimum Gasteiger partial charge on any atom is -0.406 e. The highest BCUT2D eigenvalue weighted by Gasteiger charge is 2.13. The molecule has 3 aromatic rings. The topological polar surface area (TPSA) is 88.8 Å². The van der Waals surface area contributed by atoms with E-state index in [0.29, 0.717) is 28.7 Å². The maximum Gasteiger partial charge on any atom is 0.320 e. The van der Waals surface area contributed by atoms with E-state index in [0.717, 1.165) is 23.8 Å². The molecule has 0 aliphatic heterocycles. The Morgan fingerprint density at radius 2 is 2.20 bits per heavy atom. The summed E-state index contributed by atoms with van der Waals surface area (Å²) in [5.41, 5.74) is 2.08. The average Bonchev–Trinajstić information content (AvgIpc) is 3.08. The lowest BCUT2D eigenvalue weighted by atomic mass is 10.2. The smallest absolute Gasteiger partial charge is 0.320 e. The molecule has 7 nitrogen and oxygen atoms in total. The van der Waals surface area contributed by atoms with E-state index in [9.17, 15) is 0 Å². The zero-order chi connectivity index (χ0) is 13.9. The molecule has 0 saturated carbocycles. The number of hydrogen-bond acceptors (Lipinski definition) is 8. The van der Waals surface area contributed by atoms with Crippen molar-refractivity contribution in [2.45, 2.75) is 13.5 Å². The molecular weight excluding hydrogens is 300 g/mol. The molecule has 0 atom stereocenters. The third-order valence-electron chi connectivity index (χ3n) is 2.60. The molecule has 104 valence electrons. The van der Waals surface area contributed by atoms with Crippen molar-refractivity contribution in [1.82, 2.24) is 24.3 Å². The predicted octanol–water partition coefficient (Wildman–Crippen LogP) is 2.58. The van der Waals surface area contributed by atoms with E-state index in [1.807, 2.05) is 13.0 Å². The quantitative estimate of drug-likeness (QED) is 0.748. The van der Waals surface area contributed by atoms with Crippen molar-refractivity contribution in [3.63, 3.8) is 0 Å². The molecule has 1 aromatic carbocycles. The molecule has 0 spiro atoms. The summed E-state index contributed by atoms with van der Waals surface area (Å²) in [5.74, 6) is 0.508. The molecule has 0 unspecified atom stereocenters. The number of anilines is 2. The number of fused-ring (bicyclic) bond motifs is 1. The first-order valence-electron chi connectivity index (χ1n) is 5.99. The third kappa shape index (κ3) is 2.58. The Kier molecular flexibility index (Phi) is 3.77. The fraction of sp³-hybridized carbons (Fsp3) is 0.273. The van der Waals surface area contributed by atoms with Crippen molar-refractivity contribution in [3.8, 4) is 0 Å². The van der Waals surface area contributed by atoms with Crippen LogP contribution in [-0.2, 0) is 6.54 Å². The van der Waals surface area contributed by atoms with Crippen molar-refractivity contribution in [2.24, 2.45) is 0 Å². The molecular formula is C11H11ClN6OS. The Morgan fingerprint density at radius 3 is 3.05 bits per heavy atom. The number of hydrogen-bond donors (Lipinski definition) is 2. The van der Waals surface area contributed by atoms with E-state index >= 15 is 0 Å². The van der Waals surface area contributed by atoms with Gasteiger partial charge in [0.15, 0.2) is 0 Å². The highest BCUT2D eigenvalue weighted by molar-refractivity contribution is 7.00. The highest BCUT2D eigenvalue weighted by atomic mass is 35.5. The molecule has 2 aromatic heterocycles. The molecule has 0 aliphatic rings. The van der Waals surface area contributed by atoms with Crippen molar-refractivity contribution in [3.05, 3.63) is 23.0 Å². The van der Waals surface area contributed by atoms with Crippen molar-refractivity contribution < 1.29 is 4.42 Å². The largest absolute Gasteiger partial charge is 0.406 e. The van der Waals surface area contributed by atoms with Crippen LogP contribution >= 0.6 is 23.3 Å². The zero-order valence-electron chi connectivity index (χ0n) is 10.6. The van der Waals surface area contributed by atoms with Gasteiger partial charge in [-0.1, -0.05) is 23.6 Å². The first-order valence-corrected chi connectivity index (χ1v) is 7.09. The second kappa shape index (κ2) is 5.70. The lowest BCUT2D eigenvalue weighted by Gasteiger charge is -2.04. The van der Waals surface area contributed by atoms with Crippen LogP contribution < -0.4 is 10.6 Å². The van der Waals surface area contributed by atoms with Gasteiger partial charge in [0.25, 0.3) is 0 Å². The molecule has 2 heterocycles. The summed E-state index contributed by atoms with van der Waals surface area (Å²) in [6, 6.07) is 3.85. The minimum atomic E-state index is 0.278. The van der Waals surface area contributed by atoms with Gasteiger partial charge in [-0.05, 0) is 18.7 Å². The number of aromatic nitrogens is 4. The van der Waals surface area contributed by atoms with Gasteiger partial charge in [0.1, 0.15) is 11.0 Å². The van der Waals surface area contributed by atoms with Crippen molar-refractivity contribution >= 4 is 46.1 Å². The van der Waals surface area contributed by atoms with Gasteiger partial charge in [-0.3, -0.25) is 0 Å². The fourth-order valence-electron chi connectivity index (χ4n) is 1.66. The van der Waals surface area contributed by atoms with Gasteiger partial charge in [0.2, 0.25) is 5.89 Å². The van der Waals surface area contributed by atoms with Crippen LogP contribution in [0.5, 0.6) is 0 Å². The van der Waals surface area contributed by atoms with Gasteiger partial charge in [-0.15, -0.1) is 5.10 Å². The van der Waals surface area contributed by atoms with Crippen LogP contribution in [0, 0.1) is 0 Å². The number of nitrogens with zero attached hydrogens (tertiary/aromatic N) is 4. The van der Waals surface area contributed by atoms with E-state index in [2.05, 4.69) is 29.6 Å². The monoisotopic (exact) mass is 310 g/mol. The van der Waals surface area contributed by atoms with Crippen LogP contribution in [0.3, 0.4) is 0 Å². The molecule has 0 bridgehead atoms.